The molecule has 26 heavy (non-hydrogen) atoms. The van der Waals surface area contributed by atoms with E-state index in [0.717, 1.165) is 60.6 Å². The lowest BCUT2D eigenvalue weighted by molar-refractivity contribution is 0.627. The third kappa shape index (κ3) is 2.65. The second kappa shape index (κ2) is 6.19. The first kappa shape index (κ1) is 16.7. The van der Waals surface area contributed by atoms with Gasteiger partial charge in [0.1, 0.15) is 23.8 Å². The van der Waals surface area contributed by atoms with Crippen LogP contribution in [0.1, 0.15) is 28.3 Å². The molecule has 1 fully saturated rings. The van der Waals surface area contributed by atoms with Crippen molar-refractivity contribution in [3.8, 4) is 0 Å². The molecule has 0 saturated carbocycles. The van der Waals surface area contributed by atoms with Crippen LogP contribution in [0.15, 0.2) is 6.33 Å². The molecule has 4 rings (SSSR count). The molecule has 3 aromatic heterocycles. The van der Waals surface area contributed by atoms with Gasteiger partial charge in [0.15, 0.2) is 0 Å². The molecule has 0 aliphatic carbocycles. The van der Waals surface area contributed by atoms with Gasteiger partial charge in [-0.1, -0.05) is 0 Å². The van der Waals surface area contributed by atoms with Crippen LogP contribution in [0.3, 0.4) is 0 Å². The third-order valence-electron chi connectivity index (χ3n) is 5.23. The normalized spacial score (nSPS) is 15.1. The Morgan fingerprint density at radius 3 is 2.15 bits per heavy atom. The zero-order chi connectivity index (χ0) is 18.4. The van der Waals surface area contributed by atoms with Gasteiger partial charge in [0, 0.05) is 48.7 Å². The second-order valence-electron chi connectivity index (χ2n) is 6.90. The van der Waals surface area contributed by atoms with Gasteiger partial charge in [-0.15, -0.1) is 0 Å². The molecule has 0 N–H and O–H groups in total. The zero-order valence-corrected chi connectivity index (χ0v) is 16.0. The first-order chi connectivity index (χ1) is 12.5. The van der Waals surface area contributed by atoms with Gasteiger partial charge in [-0.2, -0.15) is 14.6 Å². The number of aryl methyl sites for hydroxylation is 3. The van der Waals surface area contributed by atoms with Crippen LogP contribution in [0.2, 0.25) is 0 Å². The molecule has 8 heteroatoms. The van der Waals surface area contributed by atoms with Crippen molar-refractivity contribution in [2.45, 2.75) is 34.6 Å². The van der Waals surface area contributed by atoms with E-state index in [9.17, 15) is 0 Å². The monoisotopic (exact) mass is 352 g/mol. The molecule has 1 aliphatic rings. The highest BCUT2D eigenvalue weighted by molar-refractivity contribution is 5.56. The number of rotatable bonds is 2. The Morgan fingerprint density at radius 1 is 0.769 bits per heavy atom. The Hall–Kier alpha value is -2.77. The Kier molecular flexibility index (Phi) is 3.97. The van der Waals surface area contributed by atoms with Gasteiger partial charge in [-0.05, 0) is 34.6 Å². The van der Waals surface area contributed by atoms with Crippen LogP contribution in [-0.4, -0.2) is 55.7 Å². The van der Waals surface area contributed by atoms with Crippen molar-refractivity contribution in [1.82, 2.24) is 29.5 Å². The maximum Gasteiger partial charge on any atom is 0.254 e. The molecule has 3 aromatic rings. The topological polar surface area (TPSA) is 75.3 Å². The van der Waals surface area contributed by atoms with E-state index in [0.29, 0.717) is 5.78 Å². The van der Waals surface area contributed by atoms with E-state index in [1.165, 1.54) is 5.56 Å². The van der Waals surface area contributed by atoms with Crippen LogP contribution >= 0.6 is 0 Å². The van der Waals surface area contributed by atoms with Gasteiger partial charge in [-0.25, -0.2) is 15.0 Å². The molecule has 0 unspecified atom stereocenters. The van der Waals surface area contributed by atoms with Gasteiger partial charge in [0.2, 0.25) is 0 Å². The summed E-state index contributed by atoms with van der Waals surface area (Å²) in [5.41, 5.74) is 4.38. The Morgan fingerprint density at radius 2 is 1.42 bits per heavy atom. The summed E-state index contributed by atoms with van der Waals surface area (Å²) in [6.07, 6.45) is 1.57. The number of anilines is 2. The molecule has 136 valence electrons. The molecule has 4 heterocycles. The van der Waals surface area contributed by atoms with Crippen molar-refractivity contribution in [2.24, 2.45) is 0 Å². The second-order valence-corrected chi connectivity index (χ2v) is 6.90. The van der Waals surface area contributed by atoms with Crippen LogP contribution < -0.4 is 9.80 Å². The smallest absolute Gasteiger partial charge is 0.254 e. The van der Waals surface area contributed by atoms with Gasteiger partial charge in [-0.3, -0.25) is 0 Å². The molecule has 8 nitrogen and oxygen atoms in total. The summed E-state index contributed by atoms with van der Waals surface area (Å²) in [5, 5.41) is 4.38. The van der Waals surface area contributed by atoms with Crippen LogP contribution in [0.5, 0.6) is 0 Å². The predicted octanol–water partition coefficient (Wildman–Crippen LogP) is 1.78. The number of aromatic nitrogens is 6. The van der Waals surface area contributed by atoms with E-state index >= 15 is 0 Å². The maximum atomic E-state index is 4.69. The first-order valence-electron chi connectivity index (χ1n) is 8.94. The summed E-state index contributed by atoms with van der Waals surface area (Å²) < 4.78 is 1.85. The molecular weight excluding hydrogens is 328 g/mol. The van der Waals surface area contributed by atoms with E-state index in [4.69, 9.17) is 0 Å². The highest BCUT2D eigenvalue weighted by atomic mass is 15.4. The van der Waals surface area contributed by atoms with Gasteiger partial charge >= 0.3 is 0 Å². The molecule has 1 aliphatic heterocycles. The molecule has 0 atom stereocenters. The van der Waals surface area contributed by atoms with Crippen LogP contribution in [0, 0.1) is 34.6 Å². The van der Waals surface area contributed by atoms with Crippen LogP contribution in [0.4, 0.5) is 11.6 Å². The Balaban J connectivity index is 1.62. The van der Waals surface area contributed by atoms with E-state index in [-0.39, 0.29) is 0 Å². The number of piperazine rings is 1. The highest BCUT2D eigenvalue weighted by Crippen LogP contribution is 2.26. The average molecular weight is 352 g/mol. The van der Waals surface area contributed by atoms with Crippen molar-refractivity contribution >= 4 is 17.4 Å². The number of hydrogen-bond acceptors (Lipinski definition) is 7. The molecule has 0 bridgehead atoms. The number of hydrogen-bond donors (Lipinski definition) is 0. The molecule has 1 saturated heterocycles. The molecule has 0 radical (unpaired) electrons. The van der Waals surface area contributed by atoms with Gasteiger partial charge in [0.25, 0.3) is 5.78 Å². The zero-order valence-electron chi connectivity index (χ0n) is 16.0. The van der Waals surface area contributed by atoms with E-state index in [1.54, 1.807) is 6.33 Å². The Labute approximate surface area is 152 Å². The lowest BCUT2D eigenvalue weighted by atomic mass is 10.2. The van der Waals surface area contributed by atoms with Gasteiger partial charge in [0.05, 0.1) is 0 Å². The van der Waals surface area contributed by atoms with Crippen molar-refractivity contribution < 1.29 is 0 Å². The molecule has 0 amide bonds. The number of nitrogens with zero attached hydrogens (tertiary/aromatic N) is 8. The third-order valence-corrected chi connectivity index (χ3v) is 5.23. The summed E-state index contributed by atoms with van der Waals surface area (Å²) in [7, 11) is 0. The van der Waals surface area contributed by atoms with E-state index in [2.05, 4.69) is 48.7 Å². The standard InChI is InChI=1S/C18H24N8/c1-11-13(3)21-15(5)23-16(11)24-6-8-25(9-7-24)17-12(2)14(4)22-18-19-10-20-26(17)18/h10H,6-9H2,1-5H3. The fraction of sp³-hybridized carbons (Fsp3) is 0.500. The summed E-state index contributed by atoms with van der Waals surface area (Å²) >= 11 is 0. The summed E-state index contributed by atoms with van der Waals surface area (Å²) in [4.78, 5) is 22.7. The lowest BCUT2D eigenvalue weighted by Gasteiger charge is -2.37. The summed E-state index contributed by atoms with van der Waals surface area (Å²) in [5.74, 6) is 3.64. The van der Waals surface area contributed by atoms with Crippen molar-refractivity contribution in [2.75, 3.05) is 36.0 Å². The van der Waals surface area contributed by atoms with Gasteiger partial charge < -0.3 is 9.80 Å². The summed E-state index contributed by atoms with van der Waals surface area (Å²) in [6.45, 7) is 13.9. The SMILES string of the molecule is Cc1nc(C)c(C)c(N2CCN(c3c(C)c(C)nc4ncnn34)CC2)n1. The first-order valence-corrected chi connectivity index (χ1v) is 8.94. The number of fused-ring (bicyclic) bond motifs is 1. The molecular formula is C18H24N8. The largest absolute Gasteiger partial charge is 0.353 e. The fourth-order valence-corrected chi connectivity index (χ4v) is 3.58. The maximum absolute atomic E-state index is 4.69. The predicted molar refractivity (Wildman–Crippen MR) is 101 cm³/mol. The van der Waals surface area contributed by atoms with Crippen molar-refractivity contribution in [3.63, 3.8) is 0 Å². The van der Waals surface area contributed by atoms with E-state index in [1.807, 2.05) is 25.3 Å². The molecule has 0 aromatic carbocycles. The van der Waals surface area contributed by atoms with Crippen LogP contribution in [-0.2, 0) is 0 Å². The molecule has 0 spiro atoms. The quantitative estimate of drug-likeness (QED) is 0.696. The minimum Gasteiger partial charge on any atom is -0.353 e. The van der Waals surface area contributed by atoms with Crippen molar-refractivity contribution in [3.05, 3.63) is 34.7 Å². The van der Waals surface area contributed by atoms with E-state index < -0.39 is 0 Å². The fourth-order valence-electron chi connectivity index (χ4n) is 3.58. The lowest BCUT2D eigenvalue weighted by Crippen LogP contribution is -2.48. The van der Waals surface area contributed by atoms with Crippen LogP contribution in [0.25, 0.3) is 5.78 Å². The minimum absolute atomic E-state index is 0.656. The minimum atomic E-state index is 0.656. The highest BCUT2D eigenvalue weighted by Gasteiger charge is 2.24. The van der Waals surface area contributed by atoms with Crippen molar-refractivity contribution in [1.29, 1.82) is 0 Å². The average Bonchev–Trinajstić information content (AvgIpc) is 3.07. The Bertz CT molecular complexity index is 969. The summed E-state index contributed by atoms with van der Waals surface area (Å²) in [6, 6.07) is 0.